The maximum atomic E-state index is 11.8. The smallest absolute Gasteiger partial charge is 0.231 e. The van der Waals surface area contributed by atoms with E-state index in [0.717, 1.165) is 48.6 Å². The number of nitrogens with one attached hydrogen (secondary N) is 1. The van der Waals surface area contributed by atoms with E-state index in [1.54, 1.807) is 0 Å². The van der Waals surface area contributed by atoms with Gasteiger partial charge in [0.05, 0.1) is 0 Å². The molecule has 0 saturated carbocycles. The van der Waals surface area contributed by atoms with Gasteiger partial charge in [-0.05, 0) is 37.1 Å². The van der Waals surface area contributed by atoms with E-state index in [1.165, 1.54) is 10.9 Å². The van der Waals surface area contributed by atoms with Crippen molar-refractivity contribution in [3.63, 3.8) is 0 Å². The van der Waals surface area contributed by atoms with Crippen LogP contribution in [0.3, 0.4) is 0 Å². The van der Waals surface area contributed by atoms with Crippen molar-refractivity contribution >= 4 is 29.0 Å². The van der Waals surface area contributed by atoms with Crippen molar-refractivity contribution in [2.45, 2.75) is 32.2 Å². The van der Waals surface area contributed by atoms with Crippen LogP contribution in [0.2, 0.25) is 0 Å². The molecule has 0 spiro atoms. The Kier molecular flexibility index (Phi) is 7.35. The third-order valence-corrected chi connectivity index (χ3v) is 5.59. The Morgan fingerprint density at radius 1 is 1.00 bits per heavy atom. The molecule has 2 heterocycles. The van der Waals surface area contributed by atoms with Crippen LogP contribution in [-0.2, 0) is 11.3 Å². The first kappa shape index (κ1) is 21.8. The van der Waals surface area contributed by atoms with E-state index < -0.39 is 0 Å². The van der Waals surface area contributed by atoms with Crippen molar-refractivity contribution in [3.8, 4) is 11.5 Å². The highest BCUT2D eigenvalue weighted by Crippen LogP contribution is 2.36. The van der Waals surface area contributed by atoms with Crippen molar-refractivity contribution in [2.75, 3.05) is 19.9 Å². The van der Waals surface area contributed by atoms with Crippen molar-refractivity contribution in [1.82, 2.24) is 5.32 Å². The predicted molar refractivity (Wildman–Crippen MR) is 126 cm³/mol. The zero-order chi connectivity index (χ0) is 22.2. The van der Waals surface area contributed by atoms with Crippen LogP contribution in [0.15, 0.2) is 54.6 Å². The molecular weight excluding hydrogens is 402 g/mol. The molecular formula is C26H30N3O3+. The van der Waals surface area contributed by atoms with Crippen LogP contribution in [-0.4, -0.2) is 25.8 Å². The number of pyridine rings is 1. The molecule has 0 atom stereocenters. The second-order valence-electron chi connectivity index (χ2n) is 7.83. The van der Waals surface area contributed by atoms with Gasteiger partial charge in [-0.3, -0.25) is 4.79 Å². The summed E-state index contributed by atoms with van der Waals surface area (Å²) in [4.78, 5) is 11.8. The number of hydrogen-bond donors (Lipinski definition) is 2. The number of para-hydroxylation sites is 2. The molecule has 4 rings (SSSR count). The largest absolute Gasteiger partial charge is 0.454 e. The zero-order valence-electron chi connectivity index (χ0n) is 18.3. The fourth-order valence-corrected chi connectivity index (χ4v) is 3.97. The van der Waals surface area contributed by atoms with E-state index in [4.69, 9.17) is 15.2 Å². The lowest BCUT2D eigenvalue weighted by molar-refractivity contribution is -0.673. The van der Waals surface area contributed by atoms with Crippen LogP contribution < -0.4 is 25.1 Å². The molecule has 32 heavy (non-hydrogen) atoms. The first-order valence-electron chi connectivity index (χ1n) is 11.2. The van der Waals surface area contributed by atoms with Crippen molar-refractivity contribution < 1.29 is 18.8 Å². The molecule has 3 N–H and O–H groups in total. The number of nitrogens with two attached hydrogens (primary N) is 1. The van der Waals surface area contributed by atoms with Gasteiger partial charge in [0.1, 0.15) is 6.54 Å². The van der Waals surface area contributed by atoms with Gasteiger partial charge in [0, 0.05) is 55.1 Å². The first-order valence-corrected chi connectivity index (χ1v) is 11.2. The van der Waals surface area contributed by atoms with E-state index in [2.05, 4.69) is 58.4 Å². The Bertz CT molecular complexity index is 1110. The number of unbranched alkanes of at least 4 members (excludes halogenated alkanes) is 2. The molecule has 1 aromatic heterocycles. The van der Waals surface area contributed by atoms with E-state index >= 15 is 0 Å². The van der Waals surface area contributed by atoms with Gasteiger partial charge < -0.3 is 20.5 Å². The maximum absolute atomic E-state index is 11.8. The molecule has 0 aliphatic carbocycles. The molecule has 1 amide bonds. The van der Waals surface area contributed by atoms with Gasteiger partial charge in [0.15, 0.2) is 11.5 Å². The number of rotatable bonds is 10. The van der Waals surface area contributed by atoms with Crippen LogP contribution >= 0.6 is 0 Å². The number of aromatic nitrogens is 1. The first-order chi connectivity index (χ1) is 15.8. The number of benzene rings is 2. The van der Waals surface area contributed by atoms with E-state index in [1.807, 2.05) is 18.2 Å². The fourth-order valence-electron chi connectivity index (χ4n) is 3.97. The highest BCUT2D eigenvalue weighted by molar-refractivity contribution is 5.78. The molecule has 2 aromatic carbocycles. The molecule has 166 valence electrons. The summed E-state index contributed by atoms with van der Waals surface area (Å²) >= 11 is 0. The molecule has 0 radical (unpaired) electrons. The van der Waals surface area contributed by atoms with E-state index in [0.29, 0.717) is 19.5 Å². The number of hydrogen-bond acceptors (Lipinski definition) is 4. The summed E-state index contributed by atoms with van der Waals surface area (Å²) in [5.74, 6) is 1.66. The van der Waals surface area contributed by atoms with Crippen LogP contribution in [0, 0.1) is 0 Å². The number of carbonyl (C=O) groups is 1. The van der Waals surface area contributed by atoms with Gasteiger partial charge in [0.2, 0.25) is 23.9 Å². The third-order valence-electron chi connectivity index (χ3n) is 5.59. The average molecular weight is 433 g/mol. The standard InChI is InChI=1S/C26H29N3O3/c27-16-17-28-25(30)11-2-1-5-18-29-22(14-12-20-7-3-4-9-23(20)29)15-13-21-8-6-10-24-26(21)32-19-31-24/h3-4,6-10,12-15H,1-2,5,11,16-19,27H2/p+1/b15-13+. The highest BCUT2D eigenvalue weighted by atomic mass is 16.7. The molecule has 6 nitrogen and oxygen atoms in total. The van der Waals surface area contributed by atoms with Crippen molar-refractivity contribution in [3.05, 3.63) is 65.9 Å². The Morgan fingerprint density at radius 3 is 2.81 bits per heavy atom. The summed E-state index contributed by atoms with van der Waals surface area (Å²) in [6.45, 7) is 2.17. The monoisotopic (exact) mass is 432 g/mol. The summed E-state index contributed by atoms with van der Waals surface area (Å²) in [7, 11) is 0. The van der Waals surface area contributed by atoms with Gasteiger partial charge in [-0.1, -0.05) is 24.3 Å². The van der Waals surface area contributed by atoms with Gasteiger partial charge in [-0.2, -0.15) is 4.57 Å². The number of nitrogens with zero attached hydrogens (tertiary/aromatic N) is 1. The lowest BCUT2D eigenvalue weighted by Gasteiger charge is -2.06. The van der Waals surface area contributed by atoms with Crippen molar-refractivity contribution in [2.24, 2.45) is 5.73 Å². The van der Waals surface area contributed by atoms with E-state index in [-0.39, 0.29) is 12.7 Å². The molecule has 0 bridgehead atoms. The fraction of sp³-hybridized carbons (Fsp3) is 0.308. The highest BCUT2D eigenvalue weighted by Gasteiger charge is 2.17. The van der Waals surface area contributed by atoms with E-state index in [9.17, 15) is 4.79 Å². The van der Waals surface area contributed by atoms with Gasteiger partial charge in [0.25, 0.3) is 0 Å². The molecule has 3 aromatic rings. The lowest BCUT2D eigenvalue weighted by atomic mass is 10.1. The Balaban J connectivity index is 1.48. The molecule has 6 heteroatoms. The summed E-state index contributed by atoms with van der Waals surface area (Å²) in [6.07, 6.45) is 7.63. The van der Waals surface area contributed by atoms with Gasteiger partial charge in [-0.15, -0.1) is 0 Å². The topological polar surface area (TPSA) is 77.5 Å². The molecule has 0 unspecified atom stereocenters. The number of amides is 1. The zero-order valence-corrected chi connectivity index (χ0v) is 18.3. The van der Waals surface area contributed by atoms with Gasteiger partial charge >= 0.3 is 0 Å². The number of fused-ring (bicyclic) bond motifs is 2. The third kappa shape index (κ3) is 5.26. The minimum absolute atomic E-state index is 0.0819. The quantitative estimate of drug-likeness (QED) is 0.379. The van der Waals surface area contributed by atoms with Crippen LogP contribution in [0.4, 0.5) is 0 Å². The summed E-state index contributed by atoms with van der Waals surface area (Å²) in [5.41, 5.74) is 8.76. The van der Waals surface area contributed by atoms with Crippen LogP contribution in [0.5, 0.6) is 11.5 Å². The number of aryl methyl sites for hydroxylation is 1. The lowest BCUT2D eigenvalue weighted by Crippen LogP contribution is -2.38. The number of ether oxygens (including phenoxy) is 2. The predicted octanol–water partition coefficient (Wildman–Crippen LogP) is 3.66. The summed E-state index contributed by atoms with van der Waals surface area (Å²) < 4.78 is 13.5. The minimum atomic E-state index is 0.0819. The second-order valence-corrected chi connectivity index (χ2v) is 7.83. The number of carbonyl (C=O) groups excluding carboxylic acids is 1. The van der Waals surface area contributed by atoms with Gasteiger partial charge in [-0.25, -0.2) is 0 Å². The second kappa shape index (κ2) is 10.8. The minimum Gasteiger partial charge on any atom is -0.454 e. The molecule has 1 aliphatic rings. The summed E-state index contributed by atoms with van der Waals surface area (Å²) in [5, 5.41) is 4.04. The van der Waals surface area contributed by atoms with Crippen LogP contribution in [0.1, 0.15) is 36.9 Å². The summed E-state index contributed by atoms with van der Waals surface area (Å²) in [6, 6.07) is 18.7. The maximum Gasteiger partial charge on any atom is 0.231 e. The Labute approximate surface area is 188 Å². The van der Waals surface area contributed by atoms with Crippen molar-refractivity contribution in [1.29, 1.82) is 0 Å². The Morgan fingerprint density at radius 2 is 1.91 bits per heavy atom. The Hall–Kier alpha value is -3.38. The molecule has 0 saturated heterocycles. The molecule has 0 fully saturated rings. The SMILES string of the molecule is NCCNC(=O)CCCCC[n+]1c(/C=C/c2cccc3c2OCO3)ccc2ccccc21. The van der Waals surface area contributed by atoms with Crippen LogP contribution in [0.25, 0.3) is 23.1 Å². The average Bonchev–Trinajstić information content (AvgIpc) is 3.31. The molecule has 1 aliphatic heterocycles. The normalized spacial score (nSPS) is 12.5.